The van der Waals surface area contributed by atoms with Crippen LogP contribution in [0.1, 0.15) is 26.3 Å². The van der Waals surface area contributed by atoms with Crippen molar-refractivity contribution in [2.75, 3.05) is 5.33 Å². The van der Waals surface area contributed by atoms with Crippen LogP contribution in [-0.2, 0) is 6.18 Å². The van der Waals surface area contributed by atoms with Gasteiger partial charge in [0, 0.05) is 14.7 Å². The molecule has 2 nitrogen and oxygen atoms in total. The van der Waals surface area contributed by atoms with Crippen molar-refractivity contribution >= 4 is 50.6 Å². The molecule has 1 aromatic carbocycles. The van der Waals surface area contributed by atoms with E-state index in [1.165, 1.54) is 6.07 Å². The van der Waals surface area contributed by atoms with E-state index in [1.54, 1.807) is 22.6 Å². The highest BCUT2D eigenvalue weighted by molar-refractivity contribution is 14.1. The zero-order valence-corrected chi connectivity index (χ0v) is 11.9. The summed E-state index contributed by atoms with van der Waals surface area (Å²) in [5.41, 5.74) is -1.89. The van der Waals surface area contributed by atoms with Crippen LogP contribution < -0.4 is 0 Å². The number of carbonyl (C=O) groups excluding carboxylic acids is 2. The average molecular weight is 421 g/mol. The summed E-state index contributed by atoms with van der Waals surface area (Å²) >= 11 is 4.46. The van der Waals surface area contributed by atoms with Crippen LogP contribution in [0.4, 0.5) is 13.2 Å². The lowest BCUT2D eigenvalue weighted by atomic mass is 9.98. The first-order chi connectivity index (χ1) is 7.81. The molecule has 0 radical (unpaired) electrons. The van der Waals surface area contributed by atoms with Crippen molar-refractivity contribution in [1.82, 2.24) is 0 Å². The molecule has 0 saturated carbocycles. The van der Waals surface area contributed by atoms with E-state index in [0.29, 0.717) is 0 Å². The average Bonchev–Trinajstić information content (AvgIpc) is 2.25. The Kier molecular flexibility index (Phi) is 4.70. The maximum Gasteiger partial charge on any atom is 0.417 e. The van der Waals surface area contributed by atoms with Gasteiger partial charge < -0.3 is 0 Å². The molecule has 0 spiro atoms. The second-order valence-corrected chi connectivity index (χ2v) is 4.90. The van der Waals surface area contributed by atoms with Crippen molar-refractivity contribution in [3.8, 4) is 0 Å². The molecule has 0 unspecified atom stereocenters. The van der Waals surface area contributed by atoms with Crippen molar-refractivity contribution < 1.29 is 22.8 Å². The van der Waals surface area contributed by atoms with Crippen LogP contribution in [0.5, 0.6) is 0 Å². The van der Waals surface area contributed by atoms with Crippen molar-refractivity contribution in [3.63, 3.8) is 0 Å². The molecule has 0 aromatic heterocycles. The van der Waals surface area contributed by atoms with Gasteiger partial charge in [-0.15, -0.1) is 0 Å². The van der Waals surface area contributed by atoms with Crippen LogP contribution >= 0.6 is 38.5 Å². The first kappa shape index (κ1) is 14.6. The van der Waals surface area contributed by atoms with Gasteiger partial charge in [-0.2, -0.15) is 13.2 Å². The van der Waals surface area contributed by atoms with Crippen molar-refractivity contribution in [3.05, 3.63) is 32.4 Å². The van der Waals surface area contributed by atoms with E-state index in [1.807, 2.05) is 0 Å². The van der Waals surface area contributed by atoms with Crippen LogP contribution in [0.3, 0.4) is 0 Å². The lowest BCUT2D eigenvalue weighted by Crippen LogP contribution is -2.17. The number of halogens is 5. The van der Waals surface area contributed by atoms with Crippen molar-refractivity contribution in [2.24, 2.45) is 0 Å². The number of alkyl halides is 4. The summed E-state index contributed by atoms with van der Waals surface area (Å²) in [6.07, 6.45) is -4.40. The number of ketones is 1. The van der Waals surface area contributed by atoms with E-state index in [0.717, 1.165) is 6.07 Å². The fraction of sp³-hybridized carbons (Fsp3) is 0.200. The predicted octanol–water partition coefficient (Wildman–Crippen LogP) is 3.70. The van der Waals surface area contributed by atoms with Crippen LogP contribution in [0.25, 0.3) is 0 Å². The van der Waals surface area contributed by atoms with Gasteiger partial charge >= 0.3 is 6.18 Å². The zero-order valence-electron chi connectivity index (χ0n) is 8.15. The molecule has 0 aliphatic heterocycles. The van der Waals surface area contributed by atoms with Gasteiger partial charge in [0.25, 0.3) is 0 Å². The zero-order chi connectivity index (χ0) is 13.2. The molecule has 92 valence electrons. The summed E-state index contributed by atoms with van der Waals surface area (Å²) in [5.74, 6) is -0.768. The van der Waals surface area contributed by atoms with E-state index >= 15 is 0 Å². The third-order valence-corrected chi connectivity index (χ3v) is 3.10. The summed E-state index contributed by atoms with van der Waals surface area (Å²) in [6, 6.07) is 2.10. The number of Topliss-reactive ketones (excluding diaryl/α,β-unsaturated/α-hetero) is 1. The van der Waals surface area contributed by atoms with Crippen LogP contribution in [-0.4, -0.2) is 17.4 Å². The molecule has 0 aliphatic rings. The summed E-state index contributed by atoms with van der Waals surface area (Å²) in [6.45, 7) is 0. The lowest BCUT2D eigenvalue weighted by Gasteiger charge is -2.13. The van der Waals surface area contributed by atoms with Gasteiger partial charge in [-0.05, 0) is 34.7 Å². The minimum atomic E-state index is -4.66. The van der Waals surface area contributed by atoms with Gasteiger partial charge in [-0.25, -0.2) is 0 Å². The summed E-state index contributed by atoms with van der Waals surface area (Å²) in [5, 5.41) is -0.266. The smallest absolute Gasteiger partial charge is 0.298 e. The van der Waals surface area contributed by atoms with Crippen LogP contribution in [0, 0.1) is 3.57 Å². The molecule has 0 heterocycles. The molecular weight excluding hydrogens is 416 g/mol. The summed E-state index contributed by atoms with van der Waals surface area (Å²) in [7, 11) is 0. The van der Waals surface area contributed by atoms with Crippen LogP contribution in [0.2, 0.25) is 0 Å². The number of carbonyl (C=O) groups is 2. The van der Waals surface area contributed by atoms with E-state index in [9.17, 15) is 22.8 Å². The highest BCUT2D eigenvalue weighted by atomic mass is 127. The maximum atomic E-state index is 12.8. The SMILES string of the molecule is O=Cc1cc(I)cc(C(F)(F)F)c1C(=O)CBr. The third kappa shape index (κ3) is 3.27. The first-order valence-corrected chi connectivity index (χ1v) is 6.46. The van der Waals surface area contributed by atoms with Gasteiger partial charge in [0.2, 0.25) is 0 Å². The molecule has 7 heteroatoms. The van der Waals surface area contributed by atoms with Gasteiger partial charge in [0.15, 0.2) is 12.1 Å². The fourth-order valence-corrected chi connectivity index (χ4v) is 2.25. The molecule has 0 atom stereocenters. The first-order valence-electron chi connectivity index (χ1n) is 4.26. The van der Waals surface area contributed by atoms with Crippen molar-refractivity contribution in [2.45, 2.75) is 6.18 Å². The van der Waals surface area contributed by atoms with Gasteiger partial charge in [-0.3, -0.25) is 9.59 Å². The molecule has 0 N–H and O–H groups in total. The number of benzene rings is 1. The largest absolute Gasteiger partial charge is 0.417 e. The standard InChI is InChI=1S/C10H5BrF3IO2/c11-3-8(17)9-5(4-16)1-6(15)2-7(9)10(12,13)14/h1-2,4H,3H2. The second kappa shape index (κ2) is 5.47. The molecule has 0 saturated heterocycles. The maximum absolute atomic E-state index is 12.8. The highest BCUT2D eigenvalue weighted by Gasteiger charge is 2.36. The molecule has 0 bridgehead atoms. The second-order valence-electron chi connectivity index (χ2n) is 3.09. The third-order valence-electron chi connectivity index (χ3n) is 1.97. The quantitative estimate of drug-likeness (QED) is 0.323. The summed E-state index contributed by atoms with van der Waals surface area (Å²) < 4.78 is 38.5. The Bertz CT molecular complexity index is 471. The van der Waals surface area contributed by atoms with Gasteiger partial charge in [-0.1, -0.05) is 15.9 Å². The fourth-order valence-electron chi connectivity index (χ4n) is 1.32. The minimum Gasteiger partial charge on any atom is -0.298 e. The Morgan fingerprint density at radius 3 is 2.41 bits per heavy atom. The molecule has 17 heavy (non-hydrogen) atoms. The topological polar surface area (TPSA) is 34.1 Å². The van der Waals surface area contributed by atoms with Gasteiger partial charge in [0.1, 0.15) is 0 Å². The van der Waals surface area contributed by atoms with E-state index in [4.69, 9.17) is 0 Å². The number of hydrogen-bond acceptors (Lipinski definition) is 2. The lowest BCUT2D eigenvalue weighted by molar-refractivity contribution is -0.138. The molecule has 0 amide bonds. The summed E-state index contributed by atoms with van der Waals surface area (Å²) in [4.78, 5) is 22.2. The normalized spacial score (nSPS) is 11.4. The Morgan fingerprint density at radius 1 is 1.41 bits per heavy atom. The molecular formula is C10H5BrF3IO2. The van der Waals surface area contributed by atoms with E-state index < -0.39 is 23.1 Å². The Labute approximate surface area is 117 Å². The molecule has 1 aromatic rings. The number of hydrogen-bond donors (Lipinski definition) is 0. The van der Waals surface area contributed by atoms with Crippen molar-refractivity contribution in [1.29, 1.82) is 0 Å². The van der Waals surface area contributed by atoms with Gasteiger partial charge in [0.05, 0.1) is 10.9 Å². The Balaban J connectivity index is 3.61. The van der Waals surface area contributed by atoms with Crippen LogP contribution in [0.15, 0.2) is 12.1 Å². The Hall–Kier alpha value is -0.440. The highest BCUT2D eigenvalue weighted by Crippen LogP contribution is 2.34. The number of aldehydes is 1. The van der Waals surface area contributed by atoms with E-state index in [-0.39, 0.29) is 20.7 Å². The molecule has 0 fully saturated rings. The molecule has 0 aliphatic carbocycles. The van der Waals surface area contributed by atoms with E-state index in [2.05, 4.69) is 15.9 Å². The Morgan fingerprint density at radius 2 is 2.00 bits per heavy atom. The molecule has 1 rings (SSSR count). The number of rotatable bonds is 3. The minimum absolute atomic E-state index is 0.242. The monoisotopic (exact) mass is 420 g/mol. The predicted molar refractivity (Wildman–Crippen MR) is 67.7 cm³/mol.